The first-order chi connectivity index (χ1) is 9.45. The fourth-order valence-corrected chi connectivity index (χ4v) is 5.43. The first-order valence-corrected chi connectivity index (χ1v) is 9.24. The van der Waals surface area contributed by atoms with Crippen LogP contribution in [-0.2, 0) is 16.6 Å². The number of aryl methyl sites for hydroxylation is 1. The molecule has 0 amide bonds. The Morgan fingerprint density at radius 1 is 1.24 bits per heavy atom. The quantitative estimate of drug-likeness (QED) is 0.850. The first-order valence-electron chi connectivity index (χ1n) is 6.96. The lowest BCUT2D eigenvalue weighted by molar-refractivity contribution is 0.457. The van der Waals surface area contributed by atoms with Crippen LogP contribution >= 0.6 is 15.9 Å². The zero-order valence-corrected chi connectivity index (χ0v) is 15.5. The number of hydrogen-bond acceptors (Lipinski definition) is 3. The number of halogens is 1. The summed E-state index contributed by atoms with van der Waals surface area (Å²) in [4.78, 5) is 0.265. The minimum atomic E-state index is -3.58. The van der Waals surface area contributed by atoms with E-state index in [-0.39, 0.29) is 21.8 Å². The summed E-state index contributed by atoms with van der Waals surface area (Å²) in [5.74, 6) is 0. The van der Waals surface area contributed by atoms with Gasteiger partial charge in [-0.1, -0.05) is 33.8 Å². The van der Waals surface area contributed by atoms with Crippen LogP contribution in [0.5, 0.6) is 0 Å². The lowest BCUT2D eigenvalue weighted by atomic mass is 10.0. The topological polar surface area (TPSA) is 72.2 Å². The Morgan fingerprint density at radius 3 is 2.19 bits per heavy atom. The van der Waals surface area contributed by atoms with Crippen molar-refractivity contribution in [3.63, 3.8) is 0 Å². The molecule has 1 aromatic carbocycles. The van der Waals surface area contributed by atoms with E-state index in [2.05, 4.69) is 48.3 Å². The van der Waals surface area contributed by atoms with Crippen LogP contribution in [0.15, 0.2) is 21.5 Å². The van der Waals surface area contributed by atoms with E-state index in [4.69, 9.17) is 5.73 Å². The molecule has 1 fully saturated rings. The number of nitrogens with one attached hydrogen (secondary N) is 1. The van der Waals surface area contributed by atoms with Crippen molar-refractivity contribution in [2.24, 2.45) is 16.6 Å². The molecule has 4 nitrogen and oxygen atoms in total. The van der Waals surface area contributed by atoms with Crippen LogP contribution in [-0.4, -0.2) is 14.5 Å². The summed E-state index contributed by atoms with van der Waals surface area (Å²) in [5.41, 5.74) is 7.23. The predicted molar refractivity (Wildman–Crippen MR) is 88.4 cm³/mol. The highest BCUT2D eigenvalue weighted by Crippen LogP contribution is 2.63. The molecule has 1 saturated carbocycles. The number of hydrogen-bond donors (Lipinski definition) is 2. The van der Waals surface area contributed by atoms with E-state index in [9.17, 15) is 8.42 Å². The molecule has 0 saturated heterocycles. The molecular formula is C15H23BrN2O2S. The second kappa shape index (κ2) is 5.05. The maximum absolute atomic E-state index is 12.7. The molecule has 1 aromatic rings. The van der Waals surface area contributed by atoms with Crippen LogP contribution in [0.1, 0.15) is 38.8 Å². The molecule has 21 heavy (non-hydrogen) atoms. The van der Waals surface area contributed by atoms with Gasteiger partial charge in [-0.05, 0) is 50.9 Å². The predicted octanol–water partition coefficient (Wildman–Crippen LogP) is 2.93. The maximum atomic E-state index is 12.7. The molecule has 0 atom stereocenters. The van der Waals surface area contributed by atoms with Crippen LogP contribution in [0.25, 0.3) is 0 Å². The summed E-state index contributed by atoms with van der Waals surface area (Å²) in [6, 6.07) is 3.47. The minimum Gasteiger partial charge on any atom is -0.326 e. The normalized spacial score (nSPS) is 20.5. The monoisotopic (exact) mass is 374 g/mol. The fraction of sp³-hybridized carbons (Fsp3) is 0.600. The molecule has 0 radical (unpaired) electrons. The fourth-order valence-electron chi connectivity index (χ4n) is 2.83. The summed E-state index contributed by atoms with van der Waals surface area (Å²) in [5, 5.41) is 0. The number of benzene rings is 1. The third kappa shape index (κ3) is 2.67. The van der Waals surface area contributed by atoms with Gasteiger partial charge in [-0.3, -0.25) is 0 Å². The van der Waals surface area contributed by atoms with Gasteiger partial charge in [0.15, 0.2) is 0 Å². The smallest absolute Gasteiger partial charge is 0.242 e. The highest BCUT2D eigenvalue weighted by molar-refractivity contribution is 9.10. The summed E-state index contributed by atoms with van der Waals surface area (Å²) >= 11 is 3.39. The molecular weight excluding hydrogens is 352 g/mol. The van der Waals surface area contributed by atoms with Crippen LogP contribution in [0.2, 0.25) is 0 Å². The highest BCUT2D eigenvalue weighted by atomic mass is 79.9. The average molecular weight is 375 g/mol. The van der Waals surface area contributed by atoms with Gasteiger partial charge < -0.3 is 5.73 Å². The molecule has 118 valence electrons. The number of sulfonamides is 1. The zero-order valence-electron chi connectivity index (χ0n) is 13.1. The van der Waals surface area contributed by atoms with Gasteiger partial charge in [0.05, 0.1) is 4.90 Å². The molecule has 6 heteroatoms. The Morgan fingerprint density at radius 2 is 1.76 bits per heavy atom. The van der Waals surface area contributed by atoms with Crippen molar-refractivity contribution in [2.45, 2.75) is 52.1 Å². The zero-order chi connectivity index (χ0) is 16.2. The van der Waals surface area contributed by atoms with Crippen molar-refractivity contribution in [2.75, 3.05) is 0 Å². The lowest BCUT2D eigenvalue weighted by Gasteiger charge is -2.13. The molecule has 0 heterocycles. The van der Waals surface area contributed by atoms with Crippen molar-refractivity contribution in [1.29, 1.82) is 0 Å². The molecule has 0 spiro atoms. The molecule has 0 bridgehead atoms. The molecule has 1 aliphatic carbocycles. The van der Waals surface area contributed by atoms with E-state index in [0.29, 0.717) is 11.0 Å². The van der Waals surface area contributed by atoms with E-state index in [0.717, 1.165) is 11.1 Å². The van der Waals surface area contributed by atoms with Crippen molar-refractivity contribution >= 4 is 26.0 Å². The average Bonchev–Trinajstić information content (AvgIpc) is 2.74. The lowest BCUT2D eigenvalue weighted by Crippen LogP contribution is -2.30. The van der Waals surface area contributed by atoms with E-state index in [1.807, 2.05) is 13.0 Å². The Balaban J connectivity index is 2.40. The molecule has 0 aromatic heterocycles. The Hall–Kier alpha value is -0.430. The van der Waals surface area contributed by atoms with E-state index >= 15 is 0 Å². The Bertz CT molecular complexity index is 667. The second-order valence-corrected chi connectivity index (χ2v) is 9.40. The van der Waals surface area contributed by atoms with Gasteiger partial charge in [0, 0.05) is 17.1 Å². The van der Waals surface area contributed by atoms with Gasteiger partial charge in [-0.2, -0.15) is 0 Å². The standard InChI is InChI=1S/C15H23BrN2O2S/c1-9-6-10(8-17)7-11(12(9)16)21(19,20)18-13-14(2,3)15(13,4)5/h6-7,13,18H,8,17H2,1-5H3. The van der Waals surface area contributed by atoms with Gasteiger partial charge in [-0.25, -0.2) is 13.1 Å². The van der Waals surface area contributed by atoms with Crippen LogP contribution < -0.4 is 10.5 Å². The highest BCUT2D eigenvalue weighted by Gasteiger charge is 2.66. The van der Waals surface area contributed by atoms with E-state index in [1.165, 1.54) is 0 Å². The summed E-state index contributed by atoms with van der Waals surface area (Å²) in [6.07, 6.45) is 0. The van der Waals surface area contributed by atoms with Gasteiger partial charge in [0.2, 0.25) is 10.0 Å². The SMILES string of the molecule is Cc1cc(CN)cc(S(=O)(=O)NC2C(C)(C)C2(C)C)c1Br. The van der Waals surface area contributed by atoms with Gasteiger partial charge >= 0.3 is 0 Å². The third-order valence-corrected chi connectivity index (χ3v) is 7.86. The Labute approximate surface area is 135 Å². The molecule has 0 aliphatic heterocycles. The van der Waals surface area contributed by atoms with Crippen molar-refractivity contribution in [3.8, 4) is 0 Å². The number of rotatable bonds is 4. The van der Waals surface area contributed by atoms with Gasteiger partial charge in [-0.15, -0.1) is 0 Å². The van der Waals surface area contributed by atoms with Crippen molar-refractivity contribution < 1.29 is 8.42 Å². The molecule has 2 rings (SSSR count). The van der Waals surface area contributed by atoms with Crippen LogP contribution in [0.3, 0.4) is 0 Å². The molecule has 0 unspecified atom stereocenters. The van der Waals surface area contributed by atoms with Crippen molar-refractivity contribution in [3.05, 3.63) is 27.7 Å². The molecule has 1 aliphatic rings. The van der Waals surface area contributed by atoms with Crippen molar-refractivity contribution in [1.82, 2.24) is 4.72 Å². The Kier molecular flexibility index (Phi) is 4.07. The van der Waals surface area contributed by atoms with E-state index < -0.39 is 10.0 Å². The third-order valence-electron chi connectivity index (χ3n) is 5.10. The largest absolute Gasteiger partial charge is 0.326 e. The summed E-state index contributed by atoms with van der Waals surface area (Å²) in [7, 11) is -3.58. The van der Waals surface area contributed by atoms with Gasteiger partial charge in [0.1, 0.15) is 0 Å². The van der Waals surface area contributed by atoms with Gasteiger partial charge in [0.25, 0.3) is 0 Å². The van der Waals surface area contributed by atoms with Crippen LogP contribution in [0.4, 0.5) is 0 Å². The van der Waals surface area contributed by atoms with E-state index in [1.54, 1.807) is 6.07 Å². The number of nitrogens with two attached hydrogens (primary N) is 1. The molecule has 3 N–H and O–H groups in total. The second-order valence-electron chi connectivity index (χ2n) is 6.93. The maximum Gasteiger partial charge on any atom is 0.242 e. The van der Waals surface area contributed by atoms with Crippen LogP contribution in [0, 0.1) is 17.8 Å². The summed E-state index contributed by atoms with van der Waals surface area (Å²) in [6.45, 7) is 10.5. The minimum absolute atomic E-state index is 0.0485. The summed E-state index contributed by atoms with van der Waals surface area (Å²) < 4.78 is 28.9. The first kappa shape index (κ1) is 16.9.